The van der Waals surface area contributed by atoms with Crippen LogP contribution in [0.5, 0.6) is 11.5 Å². The minimum atomic E-state index is -0.826. The number of Topliss-reactive ketones (excluding diaryl/α,β-unsaturated/α-hetero) is 1. The molecular formula is C49H48O11. The zero-order chi connectivity index (χ0) is 43.2. The minimum absolute atomic E-state index is 0.0371. The van der Waals surface area contributed by atoms with Crippen molar-refractivity contribution in [1.82, 2.24) is 0 Å². The first-order valence-electron chi connectivity index (χ1n) is 19.7. The van der Waals surface area contributed by atoms with Crippen molar-refractivity contribution in [2.45, 2.75) is 65.7 Å². The summed E-state index contributed by atoms with van der Waals surface area (Å²) in [7, 11) is 0. The first-order valence-corrected chi connectivity index (χ1v) is 19.7. The number of hydrogen-bond donors (Lipinski definition) is 0. The van der Waals surface area contributed by atoms with E-state index in [4.69, 9.17) is 23.7 Å². The van der Waals surface area contributed by atoms with Gasteiger partial charge < -0.3 is 23.7 Å². The van der Waals surface area contributed by atoms with Crippen LogP contribution in [0.1, 0.15) is 83.9 Å². The molecule has 0 amide bonds. The van der Waals surface area contributed by atoms with E-state index < -0.39 is 29.7 Å². The van der Waals surface area contributed by atoms with Crippen LogP contribution in [0.4, 0.5) is 0 Å². The molecule has 11 nitrogen and oxygen atoms in total. The van der Waals surface area contributed by atoms with E-state index in [9.17, 15) is 28.8 Å². The van der Waals surface area contributed by atoms with Crippen LogP contribution < -0.4 is 9.47 Å². The largest absolute Gasteiger partial charge is 0.462 e. The summed E-state index contributed by atoms with van der Waals surface area (Å²) < 4.78 is 27.0. The van der Waals surface area contributed by atoms with Crippen molar-refractivity contribution in [1.29, 1.82) is 0 Å². The van der Waals surface area contributed by atoms with E-state index in [1.54, 1.807) is 44.2 Å². The third-order valence-corrected chi connectivity index (χ3v) is 9.50. The Morgan fingerprint density at radius 1 is 0.467 bits per heavy atom. The molecule has 0 fully saturated rings. The van der Waals surface area contributed by atoms with Crippen molar-refractivity contribution < 1.29 is 52.5 Å². The van der Waals surface area contributed by atoms with Gasteiger partial charge in [0.15, 0.2) is 0 Å². The SMILES string of the molecule is C=C(C)C(=O)OCCCCc1ccc2cc(C(=O)Oc3ccc(OC(=O)c4ccc5cc(CCCCOC(=O)C(C)=O)ccc5c4)c(CCOC(=O)C(=C)C)c3)ccc2c1. The quantitative estimate of drug-likeness (QED) is 0.0185. The number of unbranched alkanes of at least 4 members (excludes halogenated alkanes) is 2. The second-order valence-electron chi connectivity index (χ2n) is 14.5. The van der Waals surface area contributed by atoms with E-state index in [1.807, 2.05) is 42.5 Å². The van der Waals surface area contributed by atoms with Gasteiger partial charge in [-0.1, -0.05) is 61.7 Å². The van der Waals surface area contributed by atoms with Crippen LogP contribution >= 0.6 is 0 Å². The number of carbonyl (C=O) groups is 6. The Balaban J connectivity index is 1.23. The fourth-order valence-corrected chi connectivity index (χ4v) is 6.19. The molecule has 0 aliphatic rings. The van der Waals surface area contributed by atoms with Gasteiger partial charge in [-0.15, -0.1) is 0 Å². The van der Waals surface area contributed by atoms with E-state index >= 15 is 0 Å². The van der Waals surface area contributed by atoms with Gasteiger partial charge in [0.25, 0.3) is 0 Å². The molecule has 0 radical (unpaired) electrons. The topological polar surface area (TPSA) is 149 Å². The number of benzene rings is 5. The molecule has 0 saturated carbocycles. The average molecular weight is 813 g/mol. The molecule has 5 aromatic rings. The smallest absolute Gasteiger partial charge is 0.374 e. The number of carbonyl (C=O) groups excluding carboxylic acids is 6. The summed E-state index contributed by atoms with van der Waals surface area (Å²) in [6.07, 6.45) is 4.68. The van der Waals surface area contributed by atoms with E-state index in [-0.39, 0.29) is 42.7 Å². The number of fused-ring (bicyclic) bond motifs is 2. The highest BCUT2D eigenvalue weighted by molar-refractivity contribution is 6.32. The van der Waals surface area contributed by atoms with Gasteiger partial charge >= 0.3 is 29.8 Å². The maximum atomic E-state index is 13.5. The van der Waals surface area contributed by atoms with Crippen molar-refractivity contribution in [3.8, 4) is 11.5 Å². The standard InChI is InChI=1S/C49H48O11/c1-31(2)45(51)56-23-8-6-10-34-12-14-38-28-41(18-16-36(38)26-34)48(54)59-43-20-21-44(40(30-43)22-25-58-46(52)32(3)4)60-49(55)42-19-17-37-27-35(13-15-39(37)29-42)11-7-9-24-57-47(53)33(5)50/h12-21,26-30H,1,3,6-11,22-25H2,2,4-5H3. The van der Waals surface area contributed by atoms with E-state index in [1.165, 1.54) is 19.1 Å². The van der Waals surface area contributed by atoms with Crippen LogP contribution in [0.25, 0.3) is 21.5 Å². The van der Waals surface area contributed by atoms with Crippen LogP contribution in [0, 0.1) is 0 Å². The molecule has 0 saturated heterocycles. The highest BCUT2D eigenvalue weighted by Gasteiger charge is 2.17. The van der Waals surface area contributed by atoms with Gasteiger partial charge in [0.05, 0.1) is 30.9 Å². The lowest BCUT2D eigenvalue weighted by atomic mass is 10.0. The molecule has 0 heterocycles. The van der Waals surface area contributed by atoms with Gasteiger partial charge in [-0.3, -0.25) is 4.79 Å². The Morgan fingerprint density at radius 2 is 0.933 bits per heavy atom. The van der Waals surface area contributed by atoms with Crippen LogP contribution in [-0.4, -0.2) is 55.5 Å². The van der Waals surface area contributed by atoms with Gasteiger partial charge in [0, 0.05) is 30.1 Å². The summed E-state index contributed by atoms with van der Waals surface area (Å²) in [6.45, 7) is 12.0. The second-order valence-corrected chi connectivity index (χ2v) is 14.5. The summed E-state index contributed by atoms with van der Waals surface area (Å²) >= 11 is 0. The molecule has 0 atom stereocenters. The molecule has 0 spiro atoms. The molecule has 0 N–H and O–H groups in total. The Bertz CT molecular complexity index is 2460. The lowest BCUT2D eigenvalue weighted by Crippen LogP contribution is -2.14. The summed E-state index contributed by atoms with van der Waals surface area (Å²) in [5.74, 6) is -3.14. The van der Waals surface area contributed by atoms with Crippen molar-refractivity contribution in [3.63, 3.8) is 0 Å². The molecule has 310 valence electrons. The maximum Gasteiger partial charge on any atom is 0.374 e. The van der Waals surface area contributed by atoms with Gasteiger partial charge in [0.1, 0.15) is 11.5 Å². The van der Waals surface area contributed by atoms with Gasteiger partial charge in [-0.2, -0.15) is 0 Å². The van der Waals surface area contributed by atoms with Gasteiger partial charge in [0.2, 0.25) is 5.78 Å². The average Bonchev–Trinajstić information content (AvgIpc) is 3.23. The number of ketones is 1. The Kier molecular flexibility index (Phi) is 15.6. The fourth-order valence-electron chi connectivity index (χ4n) is 6.19. The number of hydrogen-bond acceptors (Lipinski definition) is 11. The number of ether oxygens (including phenoxy) is 5. The van der Waals surface area contributed by atoms with Crippen molar-refractivity contribution >= 4 is 57.2 Å². The number of esters is 5. The highest BCUT2D eigenvalue weighted by atomic mass is 16.6. The third-order valence-electron chi connectivity index (χ3n) is 9.50. The third kappa shape index (κ3) is 12.8. The van der Waals surface area contributed by atoms with Crippen molar-refractivity contribution in [2.75, 3.05) is 19.8 Å². The molecule has 5 rings (SSSR count). The van der Waals surface area contributed by atoms with E-state index in [0.29, 0.717) is 35.3 Å². The normalized spacial score (nSPS) is 10.8. The predicted octanol–water partition coefficient (Wildman–Crippen LogP) is 8.99. The zero-order valence-corrected chi connectivity index (χ0v) is 34.1. The highest BCUT2D eigenvalue weighted by Crippen LogP contribution is 2.28. The monoisotopic (exact) mass is 812 g/mol. The molecule has 0 aliphatic carbocycles. The van der Waals surface area contributed by atoms with Crippen LogP contribution in [0.15, 0.2) is 115 Å². The first kappa shape index (κ1) is 44.2. The molecule has 0 unspecified atom stereocenters. The van der Waals surface area contributed by atoms with Crippen LogP contribution in [0.3, 0.4) is 0 Å². The zero-order valence-electron chi connectivity index (χ0n) is 34.1. The Labute approximate surface area is 348 Å². The summed E-state index contributed by atoms with van der Waals surface area (Å²) in [6, 6.07) is 27.2. The Hall–Kier alpha value is -6.88. The van der Waals surface area contributed by atoms with Crippen molar-refractivity contribution in [2.24, 2.45) is 0 Å². The van der Waals surface area contributed by atoms with Gasteiger partial charge in [-0.05, 0) is 128 Å². The molecule has 0 bridgehead atoms. The van der Waals surface area contributed by atoms with Crippen molar-refractivity contribution in [3.05, 3.63) is 143 Å². The summed E-state index contributed by atoms with van der Waals surface area (Å²) in [5, 5.41) is 3.60. The minimum Gasteiger partial charge on any atom is -0.462 e. The Morgan fingerprint density at radius 3 is 1.45 bits per heavy atom. The second kappa shape index (κ2) is 21.2. The van der Waals surface area contributed by atoms with E-state index in [2.05, 4.69) is 19.2 Å². The number of aryl methyl sites for hydroxylation is 2. The molecule has 0 aromatic heterocycles. The lowest BCUT2D eigenvalue weighted by molar-refractivity contribution is -0.153. The molecule has 11 heteroatoms. The van der Waals surface area contributed by atoms with Crippen LogP contribution in [0.2, 0.25) is 0 Å². The molecule has 5 aromatic carbocycles. The number of rotatable bonds is 20. The van der Waals surface area contributed by atoms with Crippen LogP contribution in [-0.2, 0) is 52.7 Å². The molecule has 60 heavy (non-hydrogen) atoms. The molecular weight excluding hydrogens is 765 g/mol. The maximum absolute atomic E-state index is 13.5. The first-order chi connectivity index (χ1) is 28.8. The fraction of sp³-hybridized carbons (Fsp3) is 0.265. The lowest BCUT2D eigenvalue weighted by Gasteiger charge is -2.13. The summed E-state index contributed by atoms with van der Waals surface area (Å²) in [5.41, 5.74) is 3.97. The van der Waals surface area contributed by atoms with E-state index in [0.717, 1.165) is 64.8 Å². The predicted molar refractivity (Wildman–Crippen MR) is 227 cm³/mol. The van der Waals surface area contributed by atoms with Gasteiger partial charge in [-0.25, -0.2) is 24.0 Å². The summed E-state index contributed by atoms with van der Waals surface area (Å²) in [4.78, 5) is 72.8. The molecule has 0 aliphatic heterocycles.